The van der Waals surface area contributed by atoms with E-state index < -0.39 is 18.1 Å². The van der Waals surface area contributed by atoms with Crippen LogP contribution in [0.15, 0.2) is 30.3 Å². The lowest BCUT2D eigenvalue weighted by Crippen LogP contribution is -2.43. The van der Waals surface area contributed by atoms with E-state index in [0.29, 0.717) is 0 Å². The fraction of sp³-hybridized carbons (Fsp3) is 0.526. The lowest BCUT2D eigenvalue weighted by molar-refractivity contribution is -0.169. The van der Waals surface area contributed by atoms with Crippen molar-refractivity contribution in [3.05, 3.63) is 35.9 Å². The highest BCUT2D eigenvalue weighted by molar-refractivity contribution is 5.82. The third-order valence-electron chi connectivity index (χ3n) is 3.80. The van der Waals surface area contributed by atoms with Gasteiger partial charge in [-0.2, -0.15) is 0 Å². The van der Waals surface area contributed by atoms with Crippen LogP contribution >= 0.6 is 0 Å². The van der Waals surface area contributed by atoms with Crippen molar-refractivity contribution in [3.8, 4) is 0 Å². The van der Waals surface area contributed by atoms with Gasteiger partial charge in [0.15, 0.2) is 0 Å². The van der Waals surface area contributed by atoms with Crippen molar-refractivity contribution < 1.29 is 28.7 Å². The number of rotatable bonds is 11. The Morgan fingerprint density at radius 1 is 1.15 bits per heavy atom. The lowest BCUT2D eigenvalue weighted by Gasteiger charge is -2.19. The normalized spacial score (nSPS) is 11.4. The van der Waals surface area contributed by atoms with Gasteiger partial charge in [0.2, 0.25) is 5.91 Å². The number of alkyl carbamates (subject to hydrolysis) is 1. The molecule has 27 heavy (non-hydrogen) atoms. The minimum atomic E-state index is -0.989. The number of nitrogens with one attached hydrogen (secondary N) is 1. The Bertz CT molecular complexity index is 593. The molecule has 0 saturated carbocycles. The van der Waals surface area contributed by atoms with E-state index in [1.165, 1.54) is 14.2 Å². The number of esters is 1. The topological polar surface area (TPSA) is 94.2 Å². The van der Waals surface area contributed by atoms with Crippen LogP contribution in [0.2, 0.25) is 0 Å². The monoisotopic (exact) mass is 380 g/mol. The summed E-state index contributed by atoms with van der Waals surface area (Å²) in [5.41, 5.74) is 0.824. The lowest BCUT2D eigenvalue weighted by atomic mass is 10.1. The van der Waals surface area contributed by atoms with Gasteiger partial charge >= 0.3 is 12.1 Å². The van der Waals surface area contributed by atoms with Gasteiger partial charge in [-0.15, -0.1) is 0 Å². The maximum absolute atomic E-state index is 12.4. The summed E-state index contributed by atoms with van der Waals surface area (Å²) in [5.74, 6) is -0.946. The van der Waals surface area contributed by atoms with Crippen LogP contribution in [0.1, 0.15) is 38.2 Å². The Morgan fingerprint density at radius 3 is 2.48 bits per heavy atom. The highest BCUT2D eigenvalue weighted by atomic mass is 16.7. The summed E-state index contributed by atoms with van der Waals surface area (Å²) in [5, 5.41) is 3.54. The molecule has 8 nitrogen and oxygen atoms in total. The maximum atomic E-state index is 12.4. The number of nitrogens with zero attached hydrogens (tertiary/aromatic N) is 1. The SMILES string of the molecule is CCCCOC(=O)NC(CCC(=O)N(C)OC)C(=O)OCc1ccccc1. The zero-order valence-electron chi connectivity index (χ0n) is 16.1. The van der Waals surface area contributed by atoms with Crippen molar-refractivity contribution in [1.82, 2.24) is 10.4 Å². The molecule has 1 aromatic carbocycles. The number of carbonyl (C=O) groups is 3. The van der Waals surface area contributed by atoms with Crippen molar-refractivity contribution >= 4 is 18.0 Å². The van der Waals surface area contributed by atoms with Crippen LogP contribution in [-0.4, -0.2) is 49.8 Å². The molecule has 0 aliphatic rings. The fourth-order valence-corrected chi connectivity index (χ4v) is 2.10. The van der Waals surface area contributed by atoms with Crippen LogP contribution in [0.3, 0.4) is 0 Å². The Balaban J connectivity index is 2.62. The predicted octanol–water partition coefficient (Wildman–Crippen LogP) is 2.42. The number of benzene rings is 1. The Labute approximate surface area is 159 Å². The minimum Gasteiger partial charge on any atom is -0.459 e. The summed E-state index contributed by atoms with van der Waals surface area (Å²) >= 11 is 0. The first kappa shape index (κ1) is 22.4. The molecule has 0 heterocycles. The molecule has 8 heteroatoms. The highest BCUT2D eigenvalue weighted by Gasteiger charge is 2.25. The van der Waals surface area contributed by atoms with Crippen molar-refractivity contribution in [2.24, 2.45) is 0 Å². The molecule has 0 fully saturated rings. The van der Waals surface area contributed by atoms with Crippen LogP contribution in [0.5, 0.6) is 0 Å². The summed E-state index contributed by atoms with van der Waals surface area (Å²) in [6.07, 6.45) is 0.979. The van der Waals surface area contributed by atoms with E-state index in [2.05, 4.69) is 5.32 Å². The average Bonchev–Trinajstić information content (AvgIpc) is 2.69. The molecule has 2 amide bonds. The Hall–Kier alpha value is -2.61. The van der Waals surface area contributed by atoms with Crippen LogP contribution in [0, 0.1) is 0 Å². The zero-order chi connectivity index (χ0) is 20.1. The van der Waals surface area contributed by atoms with Gasteiger partial charge in [-0.05, 0) is 18.4 Å². The third-order valence-corrected chi connectivity index (χ3v) is 3.80. The van der Waals surface area contributed by atoms with Crippen LogP contribution in [-0.2, 0) is 30.5 Å². The third kappa shape index (κ3) is 9.05. The van der Waals surface area contributed by atoms with Crippen LogP contribution in [0.4, 0.5) is 4.79 Å². The van der Waals surface area contributed by atoms with E-state index in [1.807, 2.05) is 37.3 Å². The van der Waals surface area contributed by atoms with Crippen LogP contribution < -0.4 is 5.32 Å². The van der Waals surface area contributed by atoms with E-state index in [-0.39, 0.29) is 32.0 Å². The number of ether oxygens (including phenoxy) is 2. The molecule has 0 radical (unpaired) electrons. The number of carbonyl (C=O) groups excluding carboxylic acids is 3. The zero-order valence-corrected chi connectivity index (χ0v) is 16.1. The Kier molecular flexibility index (Phi) is 10.5. The van der Waals surface area contributed by atoms with E-state index in [4.69, 9.17) is 14.3 Å². The molecule has 0 aliphatic heterocycles. The quantitative estimate of drug-likeness (QED) is 0.360. The van der Waals surface area contributed by atoms with Gasteiger partial charge in [-0.3, -0.25) is 9.63 Å². The number of hydrogen-bond acceptors (Lipinski definition) is 6. The van der Waals surface area contributed by atoms with Crippen molar-refractivity contribution in [2.45, 2.75) is 45.3 Å². The van der Waals surface area contributed by atoms with Crippen molar-refractivity contribution in [1.29, 1.82) is 0 Å². The molecular formula is C19H28N2O6. The number of unbranched alkanes of at least 4 members (excludes halogenated alkanes) is 1. The Morgan fingerprint density at radius 2 is 1.85 bits per heavy atom. The first-order valence-electron chi connectivity index (χ1n) is 8.92. The predicted molar refractivity (Wildman–Crippen MR) is 98.4 cm³/mol. The van der Waals surface area contributed by atoms with E-state index in [1.54, 1.807) is 0 Å². The van der Waals surface area contributed by atoms with E-state index in [0.717, 1.165) is 23.5 Å². The summed E-state index contributed by atoms with van der Waals surface area (Å²) < 4.78 is 10.3. The number of hydroxylamine groups is 2. The number of amides is 2. The van der Waals surface area contributed by atoms with Gasteiger partial charge in [0.05, 0.1) is 13.7 Å². The van der Waals surface area contributed by atoms with Gasteiger partial charge in [0.1, 0.15) is 12.6 Å². The first-order chi connectivity index (χ1) is 13.0. The average molecular weight is 380 g/mol. The van der Waals surface area contributed by atoms with Gasteiger partial charge < -0.3 is 14.8 Å². The van der Waals surface area contributed by atoms with Crippen molar-refractivity contribution in [3.63, 3.8) is 0 Å². The molecule has 0 spiro atoms. The van der Waals surface area contributed by atoms with Crippen LogP contribution in [0.25, 0.3) is 0 Å². The molecule has 150 valence electrons. The summed E-state index contributed by atoms with van der Waals surface area (Å²) in [4.78, 5) is 41.0. The van der Waals surface area contributed by atoms with Gasteiger partial charge in [0.25, 0.3) is 0 Å². The van der Waals surface area contributed by atoms with Gasteiger partial charge in [-0.25, -0.2) is 14.7 Å². The standard InChI is InChI=1S/C19H28N2O6/c1-4-5-13-26-19(24)20-16(11-12-17(22)21(2)25-3)18(23)27-14-15-9-7-6-8-10-15/h6-10,16H,4-5,11-14H2,1-3H3,(H,20,24). The molecule has 0 saturated heterocycles. The molecule has 1 N–H and O–H groups in total. The largest absolute Gasteiger partial charge is 0.459 e. The molecule has 0 bridgehead atoms. The molecule has 1 unspecified atom stereocenters. The second-order valence-corrected chi connectivity index (χ2v) is 5.89. The molecule has 1 atom stereocenters. The molecule has 0 aliphatic carbocycles. The van der Waals surface area contributed by atoms with Crippen molar-refractivity contribution in [2.75, 3.05) is 20.8 Å². The fourth-order valence-electron chi connectivity index (χ4n) is 2.10. The summed E-state index contributed by atoms with van der Waals surface area (Å²) in [7, 11) is 2.84. The molecule has 0 aromatic heterocycles. The number of hydrogen-bond donors (Lipinski definition) is 1. The molecule has 1 rings (SSSR count). The first-order valence-corrected chi connectivity index (χ1v) is 8.92. The summed E-state index contributed by atoms with van der Waals surface area (Å²) in [6.45, 7) is 2.32. The van der Waals surface area contributed by atoms with Gasteiger partial charge in [0, 0.05) is 13.5 Å². The second-order valence-electron chi connectivity index (χ2n) is 5.89. The van der Waals surface area contributed by atoms with E-state index in [9.17, 15) is 14.4 Å². The molecular weight excluding hydrogens is 352 g/mol. The minimum absolute atomic E-state index is 0.00465. The summed E-state index contributed by atoms with van der Waals surface area (Å²) in [6, 6.07) is 8.20. The molecule has 1 aromatic rings. The highest BCUT2D eigenvalue weighted by Crippen LogP contribution is 2.07. The van der Waals surface area contributed by atoms with E-state index >= 15 is 0 Å². The maximum Gasteiger partial charge on any atom is 0.407 e. The van der Waals surface area contributed by atoms with Gasteiger partial charge in [-0.1, -0.05) is 43.7 Å². The smallest absolute Gasteiger partial charge is 0.407 e. The second kappa shape index (κ2) is 12.7.